The summed E-state index contributed by atoms with van der Waals surface area (Å²) < 4.78 is 14.8. The van der Waals surface area contributed by atoms with Crippen molar-refractivity contribution in [2.45, 2.75) is 52.0 Å². The molecule has 0 aromatic heterocycles. The number of benzene rings is 1. The van der Waals surface area contributed by atoms with Crippen LogP contribution in [0.15, 0.2) is 36.4 Å². The lowest BCUT2D eigenvalue weighted by atomic mass is 9.70. The Labute approximate surface area is 150 Å². The highest BCUT2D eigenvalue weighted by Gasteiger charge is 2.38. The van der Waals surface area contributed by atoms with Crippen LogP contribution in [0.2, 0.25) is 0 Å². The zero-order chi connectivity index (χ0) is 18.0. The van der Waals surface area contributed by atoms with Crippen molar-refractivity contribution >= 4 is 5.69 Å². The van der Waals surface area contributed by atoms with E-state index in [2.05, 4.69) is 43.5 Å². The Morgan fingerprint density at radius 1 is 1.32 bits per heavy atom. The summed E-state index contributed by atoms with van der Waals surface area (Å²) in [5.41, 5.74) is 2.51. The van der Waals surface area contributed by atoms with Gasteiger partial charge in [-0.2, -0.15) is 0 Å². The average molecular weight is 343 g/mol. The minimum absolute atomic E-state index is 0.0600. The van der Waals surface area contributed by atoms with E-state index in [9.17, 15) is 9.50 Å². The number of hydrogen-bond acceptors (Lipinski definition) is 2. The summed E-state index contributed by atoms with van der Waals surface area (Å²) in [5.74, 6) is 1.19. The van der Waals surface area contributed by atoms with Crippen LogP contribution in [0, 0.1) is 30.5 Å². The van der Waals surface area contributed by atoms with E-state index in [1.807, 2.05) is 19.1 Å². The van der Waals surface area contributed by atoms with E-state index >= 15 is 0 Å². The third kappa shape index (κ3) is 3.67. The highest BCUT2D eigenvalue weighted by atomic mass is 19.1. The van der Waals surface area contributed by atoms with E-state index in [-0.39, 0.29) is 18.3 Å². The first-order valence-corrected chi connectivity index (χ1v) is 9.52. The van der Waals surface area contributed by atoms with Crippen LogP contribution in [0.1, 0.15) is 50.2 Å². The first kappa shape index (κ1) is 18.2. The summed E-state index contributed by atoms with van der Waals surface area (Å²) in [4.78, 5) is 0. The molecule has 0 spiro atoms. The first-order chi connectivity index (χ1) is 12.0. The monoisotopic (exact) mass is 343 g/mol. The minimum Gasteiger partial charge on any atom is -0.396 e. The van der Waals surface area contributed by atoms with Gasteiger partial charge in [0.15, 0.2) is 0 Å². The summed E-state index contributed by atoms with van der Waals surface area (Å²) in [6.07, 6.45) is 11.7. The second-order valence-electron chi connectivity index (χ2n) is 7.86. The topological polar surface area (TPSA) is 32.3 Å². The molecule has 1 aliphatic carbocycles. The fourth-order valence-corrected chi connectivity index (χ4v) is 4.37. The molecular formula is C22H30FNO. The number of aryl methyl sites for hydroxylation is 1. The molecule has 3 heteroatoms. The molecular weight excluding hydrogens is 313 g/mol. The maximum absolute atomic E-state index is 14.8. The van der Waals surface area contributed by atoms with E-state index in [0.29, 0.717) is 29.4 Å². The molecule has 1 unspecified atom stereocenters. The highest BCUT2D eigenvalue weighted by molar-refractivity contribution is 5.58. The molecule has 1 aromatic rings. The molecule has 2 nitrogen and oxygen atoms in total. The number of aliphatic hydroxyl groups excluding tert-OH is 1. The molecule has 0 radical (unpaired) electrons. The molecule has 1 aliphatic heterocycles. The summed E-state index contributed by atoms with van der Waals surface area (Å²) in [5, 5.41) is 13.1. The van der Waals surface area contributed by atoms with Gasteiger partial charge in [0.25, 0.3) is 0 Å². The van der Waals surface area contributed by atoms with Gasteiger partial charge in [-0.05, 0) is 55.6 Å². The molecule has 1 aromatic carbocycles. The number of aliphatic hydroxyl groups is 1. The van der Waals surface area contributed by atoms with Gasteiger partial charge in [-0.3, -0.25) is 0 Å². The number of allylic oxidation sites excluding steroid dienone is 3. The van der Waals surface area contributed by atoms with Crippen LogP contribution in [0.25, 0.3) is 0 Å². The van der Waals surface area contributed by atoms with Crippen molar-refractivity contribution in [3.63, 3.8) is 0 Å². The van der Waals surface area contributed by atoms with Crippen LogP contribution in [0.5, 0.6) is 0 Å². The lowest BCUT2D eigenvalue weighted by molar-refractivity contribution is 0.207. The molecule has 0 amide bonds. The molecule has 0 saturated carbocycles. The van der Waals surface area contributed by atoms with Gasteiger partial charge in [0.05, 0.1) is 0 Å². The fraction of sp³-hybridized carbons (Fsp3) is 0.545. The van der Waals surface area contributed by atoms with E-state index in [1.54, 1.807) is 0 Å². The molecule has 2 aliphatic rings. The van der Waals surface area contributed by atoms with E-state index in [1.165, 1.54) is 0 Å². The number of nitrogens with one attached hydrogen (secondary N) is 1. The number of fused-ring (bicyclic) bond motifs is 1. The van der Waals surface area contributed by atoms with E-state index in [0.717, 1.165) is 30.5 Å². The van der Waals surface area contributed by atoms with E-state index in [4.69, 9.17) is 0 Å². The summed E-state index contributed by atoms with van der Waals surface area (Å²) in [6.45, 7) is 6.31. The smallest absolute Gasteiger partial charge is 0.131 e. The van der Waals surface area contributed by atoms with Crippen molar-refractivity contribution in [3.05, 3.63) is 53.4 Å². The van der Waals surface area contributed by atoms with Gasteiger partial charge in [-0.15, -0.1) is 0 Å². The van der Waals surface area contributed by atoms with Gasteiger partial charge in [-0.1, -0.05) is 44.2 Å². The van der Waals surface area contributed by atoms with Crippen LogP contribution in [-0.2, 0) is 0 Å². The molecule has 2 N–H and O–H groups in total. The summed E-state index contributed by atoms with van der Waals surface area (Å²) >= 11 is 0. The highest BCUT2D eigenvalue weighted by Crippen LogP contribution is 2.45. The van der Waals surface area contributed by atoms with Crippen molar-refractivity contribution < 1.29 is 9.50 Å². The maximum atomic E-state index is 14.8. The molecule has 0 saturated heterocycles. The molecule has 0 bridgehead atoms. The van der Waals surface area contributed by atoms with Gasteiger partial charge < -0.3 is 10.4 Å². The van der Waals surface area contributed by atoms with E-state index < -0.39 is 0 Å². The van der Waals surface area contributed by atoms with Crippen molar-refractivity contribution in [3.8, 4) is 0 Å². The molecule has 3 rings (SSSR count). The summed E-state index contributed by atoms with van der Waals surface area (Å²) in [6, 6.07) is 4.21. The van der Waals surface area contributed by atoms with Gasteiger partial charge in [0.2, 0.25) is 0 Å². The Balaban J connectivity index is 1.92. The molecule has 136 valence electrons. The predicted molar refractivity (Wildman–Crippen MR) is 102 cm³/mol. The SMILES string of the molecule is Cc1ccc2c(c1F)[C@@H](C)[C@@H](CC[C@@H](C)CO)[C@H](C1C=CC=CC1)N2. The zero-order valence-corrected chi connectivity index (χ0v) is 15.5. The van der Waals surface area contributed by atoms with Crippen molar-refractivity contribution in [1.82, 2.24) is 0 Å². The Kier molecular flexibility index (Phi) is 5.63. The molecule has 0 fully saturated rings. The zero-order valence-electron chi connectivity index (χ0n) is 15.5. The third-order valence-electron chi connectivity index (χ3n) is 6.03. The van der Waals surface area contributed by atoms with Gasteiger partial charge >= 0.3 is 0 Å². The number of anilines is 1. The third-order valence-corrected chi connectivity index (χ3v) is 6.03. The predicted octanol–water partition coefficient (Wildman–Crippen LogP) is 5.19. The van der Waals surface area contributed by atoms with Crippen molar-refractivity contribution in [2.75, 3.05) is 11.9 Å². The van der Waals surface area contributed by atoms with Crippen LogP contribution in [0.4, 0.5) is 10.1 Å². The molecule has 1 heterocycles. The standard InChI is InChI=1S/C22H30FNO/c1-14(13-25)9-11-18-16(3)20-19(12-10-15(2)21(20)23)24-22(18)17-7-5-4-6-8-17/h4-7,10,12,14,16-18,22,24-25H,8-9,11,13H2,1-3H3/t14-,16+,17?,18-,22+/m1/s1. The van der Waals surface area contributed by atoms with Crippen LogP contribution < -0.4 is 5.32 Å². The number of rotatable bonds is 5. The maximum Gasteiger partial charge on any atom is 0.131 e. The second-order valence-corrected chi connectivity index (χ2v) is 7.86. The first-order valence-electron chi connectivity index (χ1n) is 9.52. The van der Waals surface area contributed by atoms with Gasteiger partial charge in [-0.25, -0.2) is 4.39 Å². The van der Waals surface area contributed by atoms with Gasteiger partial charge in [0.1, 0.15) is 5.82 Å². The van der Waals surface area contributed by atoms with Crippen LogP contribution in [-0.4, -0.2) is 17.8 Å². The summed E-state index contributed by atoms with van der Waals surface area (Å²) in [7, 11) is 0. The van der Waals surface area contributed by atoms with Crippen LogP contribution >= 0.6 is 0 Å². The number of hydrogen-bond donors (Lipinski definition) is 2. The quantitative estimate of drug-likeness (QED) is 0.771. The Morgan fingerprint density at radius 2 is 2.12 bits per heavy atom. The molecule has 25 heavy (non-hydrogen) atoms. The minimum atomic E-state index is -0.0600. The second kappa shape index (κ2) is 7.74. The van der Waals surface area contributed by atoms with Gasteiger partial charge in [0, 0.05) is 29.8 Å². The number of halogens is 1. The van der Waals surface area contributed by atoms with Crippen molar-refractivity contribution in [1.29, 1.82) is 0 Å². The average Bonchev–Trinajstić information content (AvgIpc) is 2.64. The van der Waals surface area contributed by atoms with Crippen molar-refractivity contribution in [2.24, 2.45) is 17.8 Å². The fourth-order valence-electron chi connectivity index (χ4n) is 4.37. The lowest BCUT2D eigenvalue weighted by Crippen LogP contribution is -2.42. The normalized spacial score (nSPS) is 29.2. The lowest BCUT2D eigenvalue weighted by Gasteiger charge is -2.43. The Bertz CT molecular complexity index is 666. The Morgan fingerprint density at radius 3 is 2.80 bits per heavy atom. The molecule has 5 atom stereocenters. The largest absolute Gasteiger partial charge is 0.396 e. The van der Waals surface area contributed by atoms with Crippen LogP contribution in [0.3, 0.4) is 0 Å². The Hall–Kier alpha value is -1.61.